The van der Waals surface area contributed by atoms with Crippen LogP contribution in [-0.4, -0.2) is 39.8 Å². The third-order valence-corrected chi connectivity index (χ3v) is 6.11. The van der Waals surface area contributed by atoms with Gasteiger partial charge in [-0.25, -0.2) is 0 Å². The van der Waals surface area contributed by atoms with Crippen LogP contribution in [0.5, 0.6) is 0 Å². The van der Waals surface area contributed by atoms with Gasteiger partial charge < -0.3 is 19.5 Å². The van der Waals surface area contributed by atoms with Gasteiger partial charge in [0, 0.05) is 6.61 Å². The SMILES string of the molecule is OC[C@]12OCC[C@H]1n1c(cc(Br)c1Br)[C@@]2(O)C(F)(F)F. The molecule has 0 amide bonds. The maximum atomic E-state index is 13.5. The van der Waals surface area contributed by atoms with Gasteiger partial charge in [0.1, 0.15) is 0 Å². The lowest BCUT2D eigenvalue weighted by molar-refractivity contribution is -0.329. The molecule has 112 valence electrons. The number of alkyl halides is 3. The fourth-order valence-electron chi connectivity index (χ4n) is 3.29. The number of fused-ring (bicyclic) bond motifs is 3. The minimum Gasteiger partial charge on any atom is -0.393 e. The number of hydrogen-bond donors (Lipinski definition) is 2. The van der Waals surface area contributed by atoms with Gasteiger partial charge in [-0.15, -0.1) is 0 Å². The van der Waals surface area contributed by atoms with Crippen LogP contribution in [0, 0.1) is 0 Å². The number of halogens is 5. The number of aromatic nitrogens is 1. The molecule has 0 radical (unpaired) electrons. The van der Waals surface area contributed by atoms with E-state index in [4.69, 9.17) is 4.74 Å². The minimum atomic E-state index is -4.97. The summed E-state index contributed by atoms with van der Waals surface area (Å²) < 4.78 is 48.0. The predicted octanol–water partition coefficient (Wildman–Crippen LogP) is 2.47. The van der Waals surface area contributed by atoms with Crippen LogP contribution in [0.1, 0.15) is 18.2 Å². The van der Waals surface area contributed by atoms with Gasteiger partial charge in [0.2, 0.25) is 5.60 Å². The van der Waals surface area contributed by atoms with Gasteiger partial charge in [-0.3, -0.25) is 0 Å². The van der Waals surface area contributed by atoms with Crippen molar-refractivity contribution in [2.45, 2.75) is 29.8 Å². The van der Waals surface area contributed by atoms with Crippen molar-refractivity contribution in [2.75, 3.05) is 13.2 Å². The highest BCUT2D eigenvalue weighted by atomic mass is 79.9. The van der Waals surface area contributed by atoms with Gasteiger partial charge in [0.05, 0.1) is 27.4 Å². The summed E-state index contributed by atoms with van der Waals surface area (Å²) in [5.74, 6) is 0. The summed E-state index contributed by atoms with van der Waals surface area (Å²) in [6.45, 7) is -0.870. The monoisotopic (exact) mass is 419 g/mol. The van der Waals surface area contributed by atoms with Crippen LogP contribution in [0.15, 0.2) is 15.1 Å². The highest BCUT2D eigenvalue weighted by Crippen LogP contribution is 2.62. The molecular formula is C11H10Br2F3NO3. The zero-order valence-corrected chi connectivity index (χ0v) is 13.1. The summed E-state index contributed by atoms with van der Waals surface area (Å²) in [5, 5.41) is 20.0. The van der Waals surface area contributed by atoms with E-state index in [9.17, 15) is 23.4 Å². The molecule has 0 aliphatic carbocycles. The molecule has 1 aromatic rings. The molecule has 3 heterocycles. The molecule has 20 heavy (non-hydrogen) atoms. The van der Waals surface area contributed by atoms with Gasteiger partial charge in [-0.1, -0.05) is 0 Å². The first kappa shape index (κ1) is 14.8. The lowest BCUT2D eigenvalue weighted by Gasteiger charge is -2.40. The highest BCUT2D eigenvalue weighted by molar-refractivity contribution is 9.13. The van der Waals surface area contributed by atoms with Crippen molar-refractivity contribution in [3.8, 4) is 0 Å². The van der Waals surface area contributed by atoms with Crippen molar-refractivity contribution >= 4 is 31.9 Å². The Kier molecular flexibility index (Phi) is 3.13. The predicted molar refractivity (Wildman–Crippen MR) is 69.2 cm³/mol. The lowest BCUT2D eigenvalue weighted by Crippen LogP contribution is -2.61. The summed E-state index contributed by atoms with van der Waals surface area (Å²) in [4.78, 5) is 0. The van der Waals surface area contributed by atoms with Crippen LogP contribution >= 0.6 is 31.9 Å². The smallest absolute Gasteiger partial charge is 0.393 e. The number of aliphatic hydroxyl groups excluding tert-OH is 1. The second kappa shape index (κ2) is 4.22. The lowest BCUT2D eigenvalue weighted by atomic mass is 9.79. The van der Waals surface area contributed by atoms with E-state index < -0.39 is 30.0 Å². The number of ether oxygens (including phenoxy) is 1. The molecule has 0 aromatic carbocycles. The van der Waals surface area contributed by atoms with Gasteiger partial charge in [0.25, 0.3) is 0 Å². The maximum Gasteiger partial charge on any atom is 0.426 e. The summed E-state index contributed by atoms with van der Waals surface area (Å²) >= 11 is 6.36. The Labute approximate surface area is 128 Å². The van der Waals surface area contributed by atoms with E-state index in [1.807, 2.05) is 0 Å². The third kappa shape index (κ3) is 1.43. The third-order valence-electron chi connectivity index (χ3n) is 4.16. The fraction of sp³-hybridized carbons (Fsp3) is 0.636. The minimum absolute atomic E-state index is 0.0469. The molecule has 0 spiro atoms. The average molecular weight is 421 g/mol. The van der Waals surface area contributed by atoms with Crippen molar-refractivity contribution < 1.29 is 28.1 Å². The number of aliphatic hydroxyl groups is 2. The molecule has 1 fully saturated rings. The number of rotatable bonds is 1. The molecule has 0 bridgehead atoms. The Bertz CT molecular complexity index is 576. The Morgan fingerprint density at radius 3 is 2.65 bits per heavy atom. The van der Waals surface area contributed by atoms with E-state index in [0.29, 0.717) is 9.08 Å². The molecule has 1 saturated heterocycles. The Balaban J connectivity index is 2.34. The van der Waals surface area contributed by atoms with Crippen molar-refractivity contribution in [3.63, 3.8) is 0 Å². The zero-order valence-electron chi connectivity index (χ0n) is 9.92. The van der Waals surface area contributed by atoms with Crippen LogP contribution in [0.25, 0.3) is 0 Å². The first-order valence-electron chi connectivity index (χ1n) is 5.81. The second-order valence-electron chi connectivity index (χ2n) is 4.95. The van der Waals surface area contributed by atoms with Crippen LogP contribution < -0.4 is 0 Å². The van der Waals surface area contributed by atoms with Gasteiger partial charge in [0.15, 0.2) is 5.60 Å². The number of nitrogens with zero attached hydrogens (tertiary/aromatic N) is 1. The molecule has 0 saturated carbocycles. The first-order chi connectivity index (χ1) is 9.20. The largest absolute Gasteiger partial charge is 0.426 e. The molecule has 3 atom stereocenters. The van der Waals surface area contributed by atoms with Crippen LogP contribution in [-0.2, 0) is 10.3 Å². The van der Waals surface area contributed by atoms with E-state index in [0.717, 1.165) is 0 Å². The molecule has 4 nitrogen and oxygen atoms in total. The van der Waals surface area contributed by atoms with Crippen molar-refractivity contribution in [1.82, 2.24) is 4.57 Å². The standard InChI is InChI=1S/C11H10Br2F3NO3/c12-5-3-7-10(19,11(14,15)16)9(4-18)6(1-2-20-9)17(7)8(5)13/h3,6,18-19H,1-2,4H2/t6-,9+,10+/m1/s1. The summed E-state index contributed by atoms with van der Waals surface area (Å²) in [6, 6.07) is 0.422. The van der Waals surface area contributed by atoms with E-state index in [1.54, 1.807) is 0 Å². The Hall–Kier alpha value is -0.0900. The van der Waals surface area contributed by atoms with E-state index in [2.05, 4.69) is 31.9 Å². The molecule has 3 rings (SSSR count). The summed E-state index contributed by atoms with van der Waals surface area (Å²) in [5.41, 5.74) is -5.67. The molecule has 2 N–H and O–H groups in total. The molecule has 9 heteroatoms. The molecule has 2 aliphatic heterocycles. The quantitative estimate of drug-likeness (QED) is 0.733. The Morgan fingerprint density at radius 1 is 1.45 bits per heavy atom. The first-order valence-corrected chi connectivity index (χ1v) is 7.40. The topological polar surface area (TPSA) is 54.6 Å². The average Bonchev–Trinajstić information content (AvgIpc) is 2.95. The molecule has 0 unspecified atom stereocenters. The van der Waals surface area contributed by atoms with Gasteiger partial charge in [-0.2, -0.15) is 13.2 Å². The molecule has 2 aliphatic rings. The van der Waals surface area contributed by atoms with E-state index in [-0.39, 0.29) is 18.7 Å². The van der Waals surface area contributed by atoms with Gasteiger partial charge >= 0.3 is 6.18 Å². The molecular weight excluding hydrogens is 411 g/mol. The van der Waals surface area contributed by atoms with Crippen LogP contribution in [0.2, 0.25) is 0 Å². The number of hydrogen-bond acceptors (Lipinski definition) is 3. The van der Waals surface area contributed by atoms with E-state index >= 15 is 0 Å². The Morgan fingerprint density at radius 2 is 2.10 bits per heavy atom. The normalized spacial score (nSPS) is 36.2. The van der Waals surface area contributed by atoms with Gasteiger partial charge in [-0.05, 0) is 44.3 Å². The summed E-state index contributed by atoms with van der Waals surface area (Å²) in [6.07, 6.45) is -4.69. The second-order valence-corrected chi connectivity index (χ2v) is 6.55. The molecule has 1 aromatic heterocycles. The fourth-order valence-corrected chi connectivity index (χ4v) is 4.25. The summed E-state index contributed by atoms with van der Waals surface area (Å²) in [7, 11) is 0. The maximum absolute atomic E-state index is 13.5. The van der Waals surface area contributed by atoms with Crippen molar-refractivity contribution in [2.24, 2.45) is 0 Å². The van der Waals surface area contributed by atoms with Crippen LogP contribution in [0.4, 0.5) is 13.2 Å². The van der Waals surface area contributed by atoms with Crippen molar-refractivity contribution in [3.05, 3.63) is 20.8 Å². The van der Waals surface area contributed by atoms with Crippen LogP contribution in [0.3, 0.4) is 0 Å². The highest BCUT2D eigenvalue weighted by Gasteiger charge is 2.77. The van der Waals surface area contributed by atoms with Crippen molar-refractivity contribution in [1.29, 1.82) is 0 Å². The van der Waals surface area contributed by atoms with E-state index in [1.165, 1.54) is 10.6 Å². The zero-order chi connectivity index (χ0) is 14.9.